The Morgan fingerprint density at radius 2 is 2.07 bits per heavy atom. The molecule has 0 unspecified atom stereocenters. The fourth-order valence-electron chi connectivity index (χ4n) is 1.08. The Morgan fingerprint density at radius 3 is 2.47 bits per heavy atom. The third kappa shape index (κ3) is 2.25. The van der Waals surface area contributed by atoms with Crippen LogP contribution in [0.3, 0.4) is 0 Å². The van der Waals surface area contributed by atoms with Gasteiger partial charge in [-0.05, 0) is 13.0 Å². The average molecular weight is 215 g/mol. The first kappa shape index (κ1) is 11.5. The van der Waals surface area contributed by atoms with E-state index in [1.165, 1.54) is 0 Å². The predicted molar refractivity (Wildman–Crippen MR) is 51.6 cm³/mol. The summed E-state index contributed by atoms with van der Waals surface area (Å²) in [5, 5.41) is 37.1. The summed E-state index contributed by atoms with van der Waals surface area (Å²) < 4.78 is 1.01. The van der Waals surface area contributed by atoms with E-state index in [2.05, 4.69) is 0 Å². The van der Waals surface area contributed by atoms with Crippen LogP contribution >= 0.6 is 0 Å². The molecule has 0 aliphatic heterocycles. The minimum absolute atomic E-state index is 0.196. The molecule has 0 aliphatic rings. The van der Waals surface area contributed by atoms with Crippen LogP contribution in [0.4, 0.5) is 11.4 Å². The fraction of sp³-hybridized carbons (Fsp3) is 0.286. The van der Waals surface area contributed by atoms with Crippen LogP contribution < -0.4 is 16.0 Å². The molecular formula is C7H9N3O5-2. The Hall–Kier alpha value is -1.61. The minimum atomic E-state index is -0.724. The largest absolute Gasteiger partial charge is 0.769 e. The van der Waals surface area contributed by atoms with Crippen molar-refractivity contribution in [2.45, 2.75) is 13.5 Å². The number of rotatable bonds is 3. The lowest BCUT2D eigenvalue weighted by molar-refractivity contribution is 0.0282. The minimum Gasteiger partial charge on any atom is -0.769 e. The van der Waals surface area contributed by atoms with E-state index in [-0.39, 0.29) is 12.2 Å². The van der Waals surface area contributed by atoms with Gasteiger partial charge in [0.1, 0.15) is 0 Å². The number of aromatic nitrogens is 1. The SMILES string of the molecule is CCn1cc(N([O-])[O-])cc(N(O)O)c1=O. The molecule has 0 radical (unpaired) electrons. The summed E-state index contributed by atoms with van der Waals surface area (Å²) in [5.41, 5.74) is -1.67. The lowest BCUT2D eigenvalue weighted by Crippen LogP contribution is -2.28. The van der Waals surface area contributed by atoms with E-state index in [4.69, 9.17) is 10.4 Å². The zero-order valence-corrected chi connectivity index (χ0v) is 7.82. The Morgan fingerprint density at radius 1 is 1.47 bits per heavy atom. The molecular weight excluding hydrogens is 206 g/mol. The van der Waals surface area contributed by atoms with E-state index in [1.54, 1.807) is 6.92 Å². The van der Waals surface area contributed by atoms with Crippen molar-refractivity contribution in [2.24, 2.45) is 0 Å². The second kappa shape index (κ2) is 4.28. The van der Waals surface area contributed by atoms with Gasteiger partial charge < -0.3 is 20.2 Å². The molecule has 0 fully saturated rings. The molecule has 8 heteroatoms. The van der Waals surface area contributed by atoms with Crippen molar-refractivity contribution in [2.75, 3.05) is 10.5 Å². The molecule has 8 nitrogen and oxygen atoms in total. The molecule has 0 amide bonds. The first-order valence-electron chi connectivity index (χ1n) is 4.04. The van der Waals surface area contributed by atoms with Gasteiger partial charge in [0.2, 0.25) is 0 Å². The molecule has 0 aromatic carbocycles. The van der Waals surface area contributed by atoms with E-state index in [9.17, 15) is 15.2 Å². The summed E-state index contributed by atoms with van der Waals surface area (Å²) in [6.45, 7) is 1.80. The van der Waals surface area contributed by atoms with E-state index < -0.39 is 21.7 Å². The summed E-state index contributed by atoms with van der Waals surface area (Å²) in [7, 11) is 0. The van der Waals surface area contributed by atoms with Gasteiger partial charge in [-0.15, -0.1) is 5.23 Å². The summed E-state index contributed by atoms with van der Waals surface area (Å²) in [6, 6.07) is 0.786. The van der Waals surface area contributed by atoms with Gasteiger partial charge in [0, 0.05) is 18.4 Å². The highest BCUT2D eigenvalue weighted by Gasteiger charge is 2.09. The van der Waals surface area contributed by atoms with E-state index in [0.717, 1.165) is 16.8 Å². The summed E-state index contributed by atoms with van der Waals surface area (Å²) in [4.78, 5) is 11.4. The molecule has 15 heavy (non-hydrogen) atoms. The van der Waals surface area contributed by atoms with E-state index in [1.807, 2.05) is 0 Å². The predicted octanol–water partition coefficient (Wildman–Crippen LogP) is 0.255. The second-order valence-electron chi connectivity index (χ2n) is 2.72. The molecule has 1 aromatic rings. The third-order valence-electron chi connectivity index (χ3n) is 1.82. The normalized spacial score (nSPS) is 10.2. The van der Waals surface area contributed by atoms with Gasteiger partial charge >= 0.3 is 0 Å². The quantitative estimate of drug-likeness (QED) is 0.694. The maximum Gasteiger partial charge on any atom is 0.279 e. The number of hydrogen-bond donors (Lipinski definition) is 2. The molecule has 0 saturated heterocycles. The molecule has 0 spiro atoms. The molecule has 0 bridgehead atoms. The van der Waals surface area contributed by atoms with Crippen molar-refractivity contribution in [3.8, 4) is 0 Å². The van der Waals surface area contributed by atoms with Gasteiger partial charge in [0.15, 0.2) is 5.69 Å². The summed E-state index contributed by atoms with van der Waals surface area (Å²) >= 11 is 0. The lowest BCUT2D eigenvalue weighted by Gasteiger charge is -2.37. The average Bonchev–Trinajstić information content (AvgIpc) is 2.17. The van der Waals surface area contributed by atoms with Crippen LogP contribution in [0.5, 0.6) is 0 Å². The van der Waals surface area contributed by atoms with Crippen LogP contribution in [0.1, 0.15) is 6.92 Å². The lowest BCUT2D eigenvalue weighted by atomic mass is 10.3. The van der Waals surface area contributed by atoms with Crippen molar-refractivity contribution in [1.82, 2.24) is 4.57 Å². The zero-order valence-electron chi connectivity index (χ0n) is 7.82. The molecule has 1 rings (SSSR count). The number of pyridine rings is 1. The smallest absolute Gasteiger partial charge is 0.279 e. The molecule has 0 saturated carbocycles. The number of hydrogen-bond acceptors (Lipinski definition) is 7. The Balaban J connectivity index is 3.39. The van der Waals surface area contributed by atoms with Crippen LogP contribution in [-0.2, 0) is 6.54 Å². The standard InChI is InChI=1S/C7H9N3O5/c1-2-8-4-5(9(12)13)3-6(7(8)11)10(14)15/h3-4,14-15H,2H2,1H3/q-2. The first-order chi connectivity index (χ1) is 6.97. The van der Waals surface area contributed by atoms with E-state index in [0.29, 0.717) is 0 Å². The highest BCUT2D eigenvalue weighted by Crippen LogP contribution is 2.15. The molecule has 84 valence electrons. The second-order valence-corrected chi connectivity index (χ2v) is 2.72. The Kier molecular flexibility index (Phi) is 3.27. The highest BCUT2D eigenvalue weighted by atomic mass is 16.8. The van der Waals surface area contributed by atoms with Gasteiger partial charge in [0.25, 0.3) is 5.56 Å². The highest BCUT2D eigenvalue weighted by molar-refractivity contribution is 5.56. The number of nitrogens with zero attached hydrogens (tertiary/aromatic N) is 3. The van der Waals surface area contributed by atoms with Gasteiger partial charge in [-0.1, -0.05) is 0 Å². The number of anilines is 2. The summed E-state index contributed by atoms with van der Waals surface area (Å²) in [5.74, 6) is 0. The Bertz CT molecular complexity index is 400. The molecule has 0 atom stereocenters. The van der Waals surface area contributed by atoms with Gasteiger partial charge in [-0.25, -0.2) is 0 Å². The van der Waals surface area contributed by atoms with Crippen molar-refractivity contribution in [3.05, 3.63) is 33.0 Å². The van der Waals surface area contributed by atoms with Gasteiger partial charge in [0.05, 0.1) is 0 Å². The first-order valence-corrected chi connectivity index (χ1v) is 4.04. The van der Waals surface area contributed by atoms with E-state index >= 15 is 0 Å². The molecule has 1 aromatic heterocycles. The van der Waals surface area contributed by atoms with Crippen LogP contribution in [0.15, 0.2) is 17.1 Å². The maximum atomic E-state index is 11.4. The van der Waals surface area contributed by atoms with Gasteiger partial charge in [-0.3, -0.25) is 15.2 Å². The van der Waals surface area contributed by atoms with Crippen molar-refractivity contribution in [3.63, 3.8) is 0 Å². The van der Waals surface area contributed by atoms with Crippen LogP contribution in [0.2, 0.25) is 0 Å². The fourth-order valence-corrected chi connectivity index (χ4v) is 1.08. The van der Waals surface area contributed by atoms with Crippen LogP contribution in [0.25, 0.3) is 0 Å². The van der Waals surface area contributed by atoms with Crippen molar-refractivity contribution >= 4 is 11.4 Å². The molecule has 1 heterocycles. The zero-order chi connectivity index (χ0) is 11.6. The molecule has 2 N–H and O–H groups in total. The van der Waals surface area contributed by atoms with Crippen LogP contribution in [-0.4, -0.2) is 15.0 Å². The number of aryl methyl sites for hydroxylation is 1. The van der Waals surface area contributed by atoms with Crippen molar-refractivity contribution < 1.29 is 10.4 Å². The maximum absolute atomic E-state index is 11.4. The van der Waals surface area contributed by atoms with Gasteiger partial charge in [-0.2, -0.15) is 0 Å². The Labute approximate surface area is 84.3 Å². The summed E-state index contributed by atoms with van der Waals surface area (Å²) in [6.07, 6.45) is 1.04. The monoisotopic (exact) mass is 215 g/mol. The van der Waals surface area contributed by atoms with Crippen LogP contribution in [0, 0.1) is 10.4 Å². The topological polar surface area (TPSA) is 115 Å². The molecule has 0 aliphatic carbocycles. The third-order valence-corrected chi connectivity index (χ3v) is 1.82. The van der Waals surface area contributed by atoms with Crippen molar-refractivity contribution in [1.29, 1.82) is 0 Å².